The molecule has 0 radical (unpaired) electrons. The van der Waals surface area contributed by atoms with Crippen LogP contribution >= 0.6 is 0 Å². The zero-order valence-electron chi connectivity index (χ0n) is 21.7. The number of benzene rings is 2. The lowest BCUT2D eigenvalue weighted by Crippen LogP contribution is -2.35. The van der Waals surface area contributed by atoms with Crippen molar-refractivity contribution in [2.24, 2.45) is 0 Å². The third kappa shape index (κ3) is 5.99. The van der Waals surface area contributed by atoms with Gasteiger partial charge in [-0.3, -0.25) is 9.59 Å². The standard InChI is InChI=1S/C28H36N2O6/c1-6-8-17-36-22-14-11-20(18-23(22)34-5)25-24(27(32)28(33)30(25)16-15-29(3)4)26(31)19-9-12-21(13-10-19)35-7-2/h9-14,18,25,31H,6-8,15-17H2,1-5H3/b26-24+. The van der Waals surface area contributed by atoms with Crippen molar-refractivity contribution < 1.29 is 28.9 Å². The number of likely N-dealkylation sites (tertiary alicyclic amines) is 1. The van der Waals surface area contributed by atoms with Crippen LogP contribution in [0, 0.1) is 0 Å². The second kappa shape index (κ2) is 12.4. The molecule has 194 valence electrons. The lowest BCUT2D eigenvalue weighted by Gasteiger charge is -2.27. The first-order valence-corrected chi connectivity index (χ1v) is 12.3. The maximum absolute atomic E-state index is 13.2. The van der Waals surface area contributed by atoms with Gasteiger partial charge in [0.05, 0.1) is 31.9 Å². The summed E-state index contributed by atoms with van der Waals surface area (Å²) in [6.07, 6.45) is 1.92. The molecule has 8 heteroatoms. The third-order valence-corrected chi connectivity index (χ3v) is 6.03. The summed E-state index contributed by atoms with van der Waals surface area (Å²) >= 11 is 0. The molecule has 0 aromatic heterocycles. The monoisotopic (exact) mass is 496 g/mol. The quantitative estimate of drug-likeness (QED) is 0.203. The van der Waals surface area contributed by atoms with E-state index in [1.807, 2.05) is 32.0 Å². The van der Waals surface area contributed by atoms with E-state index in [4.69, 9.17) is 14.2 Å². The van der Waals surface area contributed by atoms with Crippen LogP contribution in [0.4, 0.5) is 0 Å². The highest BCUT2D eigenvalue weighted by molar-refractivity contribution is 6.46. The predicted molar refractivity (Wildman–Crippen MR) is 139 cm³/mol. The Balaban J connectivity index is 2.08. The van der Waals surface area contributed by atoms with E-state index in [0.29, 0.717) is 54.7 Å². The number of methoxy groups -OCH3 is 1. The molecule has 1 N–H and O–H groups in total. The highest BCUT2D eigenvalue weighted by Crippen LogP contribution is 2.42. The number of aliphatic hydroxyl groups is 1. The minimum absolute atomic E-state index is 0.0459. The van der Waals surface area contributed by atoms with Gasteiger partial charge in [-0.25, -0.2) is 0 Å². The molecule has 0 bridgehead atoms. The molecule has 8 nitrogen and oxygen atoms in total. The van der Waals surface area contributed by atoms with Gasteiger partial charge in [0.25, 0.3) is 11.7 Å². The van der Waals surface area contributed by atoms with Gasteiger partial charge < -0.3 is 29.1 Å². The van der Waals surface area contributed by atoms with E-state index in [1.54, 1.807) is 43.5 Å². The van der Waals surface area contributed by atoms with Crippen LogP contribution in [-0.4, -0.2) is 74.1 Å². The van der Waals surface area contributed by atoms with E-state index in [9.17, 15) is 14.7 Å². The molecular weight excluding hydrogens is 460 g/mol. The average Bonchev–Trinajstić information content (AvgIpc) is 3.12. The SMILES string of the molecule is CCCCOc1ccc(C2/C(=C(\O)c3ccc(OCC)cc3)C(=O)C(=O)N2CCN(C)C)cc1OC. The highest BCUT2D eigenvalue weighted by atomic mass is 16.5. The Morgan fingerprint density at radius 3 is 2.36 bits per heavy atom. The molecule has 0 aliphatic carbocycles. The number of nitrogens with zero attached hydrogens (tertiary/aromatic N) is 2. The Labute approximate surface area is 213 Å². The van der Waals surface area contributed by atoms with Gasteiger partial charge in [-0.05, 0) is 69.4 Å². The number of aliphatic hydroxyl groups excluding tert-OH is 1. The topological polar surface area (TPSA) is 88.5 Å². The molecule has 1 saturated heterocycles. The minimum Gasteiger partial charge on any atom is -0.507 e. The van der Waals surface area contributed by atoms with Crippen molar-refractivity contribution >= 4 is 17.4 Å². The minimum atomic E-state index is -0.768. The molecule has 1 amide bonds. The van der Waals surface area contributed by atoms with Gasteiger partial charge in [0.2, 0.25) is 0 Å². The predicted octanol–water partition coefficient (Wildman–Crippen LogP) is 4.26. The first kappa shape index (κ1) is 27.1. The Morgan fingerprint density at radius 2 is 1.75 bits per heavy atom. The van der Waals surface area contributed by atoms with Gasteiger partial charge in [-0.15, -0.1) is 0 Å². The van der Waals surface area contributed by atoms with Crippen molar-refractivity contribution in [3.8, 4) is 17.2 Å². The largest absolute Gasteiger partial charge is 0.507 e. The molecule has 36 heavy (non-hydrogen) atoms. The number of ketones is 1. The van der Waals surface area contributed by atoms with E-state index < -0.39 is 17.7 Å². The van der Waals surface area contributed by atoms with E-state index in [0.717, 1.165) is 12.8 Å². The second-order valence-corrected chi connectivity index (χ2v) is 8.87. The average molecular weight is 497 g/mol. The summed E-state index contributed by atoms with van der Waals surface area (Å²) in [6, 6.07) is 11.4. The fourth-order valence-corrected chi connectivity index (χ4v) is 4.10. The van der Waals surface area contributed by atoms with Gasteiger partial charge in [-0.1, -0.05) is 19.4 Å². The fourth-order valence-electron chi connectivity index (χ4n) is 4.10. The Morgan fingerprint density at radius 1 is 1.03 bits per heavy atom. The fraction of sp³-hybridized carbons (Fsp3) is 0.429. The first-order valence-electron chi connectivity index (χ1n) is 12.3. The molecule has 2 aromatic carbocycles. The van der Waals surface area contributed by atoms with Crippen molar-refractivity contribution in [2.75, 3.05) is 47.5 Å². The van der Waals surface area contributed by atoms with Crippen molar-refractivity contribution in [2.45, 2.75) is 32.7 Å². The number of ether oxygens (including phenoxy) is 3. The van der Waals surface area contributed by atoms with E-state index in [-0.39, 0.29) is 11.3 Å². The van der Waals surface area contributed by atoms with Gasteiger partial charge in [0.15, 0.2) is 11.5 Å². The van der Waals surface area contributed by atoms with Crippen LogP contribution < -0.4 is 14.2 Å². The zero-order valence-corrected chi connectivity index (χ0v) is 21.7. The molecule has 1 heterocycles. The lowest BCUT2D eigenvalue weighted by atomic mass is 9.95. The van der Waals surface area contributed by atoms with Crippen molar-refractivity contribution in [3.05, 3.63) is 59.2 Å². The number of hydrogen-bond acceptors (Lipinski definition) is 7. The third-order valence-electron chi connectivity index (χ3n) is 6.03. The van der Waals surface area contributed by atoms with Gasteiger partial charge in [0, 0.05) is 18.7 Å². The van der Waals surface area contributed by atoms with Crippen LogP contribution in [0.15, 0.2) is 48.0 Å². The Kier molecular flexibility index (Phi) is 9.36. The Hall–Kier alpha value is -3.52. The molecule has 0 spiro atoms. The van der Waals surface area contributed by atoms with Crippen LogP contribution in [0.3, 0.4) is 0 Å². The summed E-state index contributed by atoms with van der Waals surface area (Å²) in [5.74, 6) is 0.162. The highest BCUT2D eigenvalue weighted by Gasteiger charge is 2.46. The normalized spacial score (nSPS) is 17.1. The van der Waals surface area contributed by atoms with Crippen molar-refractivity contribution in [3.63, 3.8) is 0 Å². The molecule has 2 aromatic rings. The first-order chi connectivity index (χ1) is 17.3. The zero-order chi connectivity index (χ0) is 26.2. The Bertz CT molecular complexity index is 1090. The summed E-state index contributed by atoms with van der Waals surface area (Å²) in [7, 11) is 5.35. The van der Waals surface area contributed by atoms with Crippen LogP contribution in [-0.2, 0) is 9.59 Å². The smallest absolute Gasteiger partial charge is 0.295 e. The number of hydrogen-bond donors (Lipinski definition) is 1. The lowest BCUT2D eigenvalue weighted by molar-refractivity contribution is -0.140. The molecule has 1 atom stereocenters. The summed E-state index contributed by atoms with van der Waals surface area (Å²) in [5.41, 5.74) is 1.13. The summed E-state index contributed by atoms with van der Waals surface area (Å²) in [4.78, 5) is 29.8. The van der Waals surface area contributed by atoms with Crippen molar-refractivity contribution in [1.82, 2.24) is 9.80 Å². The van der Waals surface area contributed by atoms with Crippen LogP contribution in [0.25, 0.3) is 5.76 Å². The molecule has 3 rings (SSSR count). The number of unbranched alkanes of at least 4 members (excludes halogenated alkanes) is 1. The van der Waals surface area contributed by atoms with Gasteiger partial charge in [-0.2, -0.15) is 0 Å². The summed E-state index contributed by atoms with van der Waals surface area (Å²) in [6.45, 7) is 5.93. The van der Waals surface area contributed by atoms with E-state index >= 15 is 0 Å². The van der Waals surface area contributed by atoms with Crippen LogP contribution in [0.5, 0.6) is 17.2 Å². The van der Waals surface area contributed by atoms with Gasteiger partial charge in [0.1, 0.15) is 11.5 Å². The maximum Gasteiger partial charge on any atom is 0.295 e. The number of Topliss-reactive ketones (excluding diaryl/α,β-unsaturated/α-hetero) is 1. The molecule has 1 fully saturated rings. The van der Waals surface area contributed by atoms with E-state index in [1.165, 1.54) is 4.90 Å². The van der Waals surface area contributed by atoms with Crippen LogP contribution in [0.1, 0.15) is 43.9 Å². The number of rotatable bonds is 12. The number of carbonyl (C=O) groups excluding carboxylic acids is 2. The number of likely N-dealkylation sites (N-methyl/N-ethyl adjacent to an activating group) is 1. The molecule has 1 aliphatic rings. The number of carbonyl (C=O) groups is 2. The maximum atomic E-state index is 13.2. The molecule has 1 aliphatic heterocycles. The van der Waals surface area contributed by atoms with Crippen molar-refractivity contribution in [1.29, 1.82) is 0 Å². The summed E-state index contributed by atoms with van der Waals surface area (Å²) in [5, 5.41) is 11.3. The second-order valence-electron chi connectivity index (χ2n) is 8.87. The molecule has 0 saturated carbocycles. The summed E-state index contributed by atoms with van der Waals surface area (Å²) < 4.78 is 16.9. The van der Waals surface area contributed by atoms with Gasteiger partial charge >= 0.3 is 0 Å². The molecule has 1 unspecified atom stereocenters. The number of amides is 1. The molecular formula is C28H36N2O6. The van der Waals surface area contributed by atoms with Crippen LogP contribution in [0.2, 0.25) is 0 Å². The van der Waals surface area contributed by atoms with E-state index in [2.05, 4.69) is 6.92 Å².